The van der Waals surface area contributed by atoms with Crippen LogP contribution < -0.4 is 15.0 Å². The third kappa shape index (κ3) is 3.80. The van der Waals surface area contributed by atoms with E-state index >= 15 is 0 Å². The number of piperazine rings is 1. The molecule has 0 radical (unpaired) electrons. The Labute approximate surface area is 122 Å². The van der Waals surface area contributed by atoms with Crippen molar-refractivity contribution in [2.45, 2.75) is 32.4 Å². The quantitative estimate of drug-likeness (QED) is 0.790. The van der Waals surface area contributed by atoms with E-state index in [1.54, 1.807) is 4.90 Å². The first-order valence-electron chi connectivity index (χ1n) is 6.72. The molecule has 1 saturated heterocycles. The number of aliphatic carboxylic acids is 1. The monoisotopic (exact) mass is 294 g/mol. The minimum atomic E-state index is -1.04. The Bertz CT molecular complexity index is 535. The number of ether oxygens (including phenoxy) is 1. The SMILES string of the molecule is CC(C)Oc1cncc(N2CCNC(=O)C2CC(=O)O)n1. The van der Waals surface area contributed by atoms with E-state index in [1.807, 2.05) is 13.8 Å². The van der Waals surface area contributed by atoms with Crippen LogP contribution in [0, 0.1) is 0 Å². The molecule has 1 amide bonds. The number of nitrogens with zero attached hydrogens (tertiary/aromatic N) is 3. The van der Waals surface area contributed by atoms with Gasteiger partial charge in [0.1, 0.15) is 6.04 Å². The lowest BCUT2D eigenvalue weighted by atomic mass is 10.1. The fraction of sp³-hybridized carbons (Fsp3) is 0.538. The summed E-state index contributed by atoms with van der Waals surface area (Å²) in [6.07, 6.45) is 2.65. The summed E-state index contributed by atoms with van der Waals surface area (Å²) in [6, 6.07) is -0.792. The molecule has 0 bridgehead atoms. The molecule has 2 rings (SSSR count). The molecule has 2 heterocycles. The Balaban J connectivity index is 2.24. The largest absolute Gasteiger partial charge is 0.481 e. The number of carbonyl (C=O) groups is 2. The van der Waals surface area contributed by atoms with Crippen LogP contribution in [-0.2, 0) is 9.59 Å². The lowest BCUT2D eigenvalue weighted by Crippen LogP contribution is -2.56. The smallest absolute Gasteiger partial charge is 0.305 e. The van der Waals surface area contributed by atoms with Gasteiger partial charge in [-0.25, -0.2) is 0 Å². The maximum Gasteiger partial charge on any atom is 0.305 e. The van der Waals surface area contributed by atoms with Crippen molar-refractivity contribution in [1.29, 1.82) is 0 Å². The molecule has 2 N–H and O–H groups in total. The van der Waals surface area contributed by atoms with E-state index in [9.17, 15) is 9.59 Å². The number of amides is 1. The predicted octanol–water partition coefficient (Wildman–Crippen LogP) is 0.0433. The molecular formula is C13H18N4O4. The zero-order valence-electron chi connectivity index (χ0n) is 11.9. The van der Waals surface area contributed by atoms with Gasteiger partial charge in [0.25, 0.3) is 0 Å². The van der Waals surface area contributed by atoms with Gasteiger partial charge in [-0.15, -0.1) is 0 Å². The van der Waals surface area contributed by atoms with Crippen molar-refractivity contribution in [1.82, 2.24) is 15.3 Å². The van der Waals surface area contributed by atoms with Crippen LogP contribution in [0.25, 0.3) is 0 Å². The number of anilines is 1. The van der Waals surface area contributed by atoms with Gasteiger partial charge in [0.2, 0.25) is 11.8 Å². The number of carboxylic acids is 1. The van der Waals surface area contributed by atoms with Crippen molar-refractivity contribution in [2.24, 2.45) is 0 Å². The van der Waals surface area contributed by atoms with Gasteiger partial charge in [0, 0.05) is 13.1 Å². The summed E-state index contributed by atoms with van der Waals surface area (Å²) in [4.78, 5) is 32.8. The van der Waals surface area contributed by atoms with Crippen LogP contribution >= 0.6 is 0 Å². The van der Waals surface area contributed by atoms with Crippen LogP contribution in [0.1, 0.15) is 20.3 Å². The second-order valence-corrected chi connectivity index (χ2v) is 4.98. The van der Waals surface area contributed by atoms with Crippen LogP contribution in [0.15, 0.2) is 12.4 Å². The molecule has 8 heteroatoms. The molecular weight excluding hydrogens is 276 g/mol. The van der Waals surface area contributed by atoms with E-state index in [0.29, 0.717) is 24.8 Å². The molecule has 1 aromatic rings. The Morgan fingerprint density at radius 1 is 1.57 bits per heavy atom. The number of rotatable bonds is 5. The standard InChI is InChI=1S/C13H18N4O4/c1-8(2)21-11-7-14-6-10(16-11)17-4-3-15-13(20)9(17)5-12(18)19/h6-9H,3-5H2,1-2H3,(H,15,20)(H,18,19). The fourth-order valence-corrected chi connectivity index (χ4v) is 2.13. The first kappa shape index (κ1) is 15.0. The van der Waals surface area contributed by atoms with Crippen molar-refractivity contribution in [2.75, 3.05) is 18.0 Å². The summed E-state index contributed by atoms with van der Waals surface area (Å²) in [5.41, 5.74) is 0. The highest BCUT2D eigenvalue weighted by atomic mass is 16.5. The normalized spacial score (nSPS) is 18.5. The van der Waals surface area contributed by atoms with Crippen LogP contribution in [0.2, 0.25) is 0 Å². The molecule has 1 aliphatic rings. The van der Waals surface area contributed by atoms with Gasteiger partial charge in [0.05, 0.1) is 24.9 Å². The van der Waals surface area contributed by atoms with Gasteiger partial charge >= 0.3 is 5.97 Å². The molecule has 8 nitrogen and oxygen atoms in total. The van der Waals surface area contributed by atoms with Crippen molar-refractivity contribution >= 4 is 17.7 Å². The third-order valence-corrected chi connectivity index (χ3v) is 2.95. The number of aromatic nitrogens is 2. The number of nitrogens with one attached hydrogen (secondary N) is 1. The minimum Gasteiger partial charge on any atom is -0.481 e. The summed E-state index contributed by atoms with van der Waals surface area (Å²) in [5.74, 6) is -0.568. The summed E-state index contributed by atoms with van der Waals surface area (Å²) < 4.78 is 5.47. The first-order valence-corrected chi connectivity index (χ1v) is 6.72. The molecule has 1 fully saturated rings. The number of carboxylic acid groups (broad SMARTS) is 1. The van der Waals surface area contributed by atoms with Crippen molar-refractivity contribution in [3.63, 3.8) is 0 Å². The van der Waals surface area contributed by atoms with E-state index in [1.165, 1.54) is 12.4 Å². The summed E-state index contributed by atoms with van der Waals surface area (Å²) in [7, 11) is 0. The zero-order chi connectivity index (χ0) is 15.4. The van der Waals surface area contributed by atoms with E-state index in [-0.39, 0.29) is 18.4 Å². The van der Waals surface area contributed by atoms with Crippen LogP contribution in [0.4, 0.5) is 5.82 Å². The highest BCUT2D eigenvalue weighted by molar-refractivity contribution is 5.90. The summed E-state index contributed by atoms with van der Waals surface area (Å²) >= 11 is 0. The zero-order valence-corrected chi connectivity index (χ0v) is 11.9. The van der Waals surface area contributed by atoms with E-state index in [2.05, 4.69) is 15.3 Å². The molecule has 0 saturated carbocycles. The molecule has 1 atom stereocenters. The molecule has 1 aromatic heterocycles. The van der Waals surface area contributed by atoms with Gasteiger partial charge in [-0.05, 0) is 13.8 Å². The van der Waals surface area contributed by atoms with Crippen molar-refractivity contribution in [3.05, 3.63) is 12.4 Å². The fourth-order valence-electron chi connectivity index (χ4n) is 2.13. The number of hydrogen-bond donors (Lipinski definition) is 2. The van der Waals surface area contributed by atoms with Crippen molar-refractivity contribution < 1.29 is 19.4 Å². The Hall–Kier alpha value is -2.38. The maximum atomic E-state index is 11.9. The van der Waals surface area contributed by atoms with Crippen molar-refractivity contribution in [3.8, 4) is 5.88 Å². The second-order valence-electron chi connectivity index (χ2n) is 4.98. The average Bonchev–Trinajstić information content (AvgIpc) is 2.40. The lowest BCUT2D eigenvalue weighted by Gasteiger charge is -2.34. The Morgan fingerprint density at radius 2 is 2.33 bits per heavy atom. The van der Waals surface area contributed by atoms with Crippen LogP contribution in [-0.4, -0.2) is 52.2 Å². The Morgan fingerprint density at radius 3 is 3.00 bits per heavy atom. The van der Waals surface area contributed by atoms with Crippen LogP contribution in [0.3, 0.4) is 0 Å². The molecule has 1 aliphatic heterocycles. The third-order valence-electron chi connectivity index (χ3n) is 2.95. The molecule has 1 unspecified atom stereocenters. The lowest BCUT2D eigenvalue weighted by molar-refractivity contribution is -0.139. The number of carbonyl (C=O) groups excluding carboxylic acids is 1. The van der Waals surface area contributed by atoms with Gasteiger partial charge in [0.15, 0.2) is 5.82 Å². The summed E-state index contributed by atoms with van der Waals surface area (Å²) in [6.45, 7) is 4.65. The molecule has 0 aromatic carbocycles. The molecule has 114 valence electrons. The van der Waals surface area contributed by atoms with E-state index < -0.39 is 12.0 Å². The first-order chi connectivity index (χ1) is 9.97. The highest BCUT2D eigenvalue weighted by Gasteiger charge is 2.32. The predicted molar refractivity (Wildman–Crippen MR) is 74.2 cm³/mol. The van der Waals surface area contributed by atoms with Gasteiger partial charge in [-0.2, -0.15) is 4.98 Å². The number of hydrogen-bond acceptors (Lipinski definition) is 6. The average molecular weight is 294 g/mol. The van der Waals surface area contributed by atoms with Gasteiger partial charge in [-0.1, -0.05) is 0 Å². The maximum absolute atomic E-state index is 11.9. The van der Waals surface area contributed by atoms with E-state index in [4.69, 9.17) is 9.84 Å². The van der Waals surface area contributed by atoms with E-state index in [0.717, 1.165) is 0 Å². The summed E-state index contributed by atoms with van der Waals surface area (Å²) in [5, 5.41) is 11.6. The van der Waals surface area contributed by atoms with Gasteiger partial charge in [-0.3, -0.25) is 14.6 Å². The molecule has 0 spiro atoms. The Kier molecular flexibility index (Phi) is 4.56. The van der Waals surface area contributed by atoms with Gasteiger partial charge < -0.3 is 20.1 Å². The van der Waals surface area contributed by atoms with Crippen LogP contribution in [0.5, 0.6) is 5.88 Å². The topological polar surface area (TPSA) is 105 Å². The molecule has 21 heavy (non-hydrogen) atoms. The minimum absolute atomic E-state index is 0.0472. The molecule has 0 aliphatic carbocycles. The second kappa shape index (κ2) is 6.38. The highest BCUT2D eigenvalue weighted by Crippen LogP contribution is 2.20.